The van der Waals surface area contributed by atoms with Gasteiger partial charge >= 0.3 is 0 Å². The Balaban J connectivity index is 2.19. The minimum Gasteiger partial charge on any atom is -0.377 e. The van der Waals surface area contributed by atoms with Crippen LogP contribution in [0.3, 0.4) is 0 Å². The molecular formula is C17H23N3O2S. The lowest BCUT2D eigenvalue weighted by Gasteiger charge is -2.20. The lowest BCUT2D eigenvalue weighted by Crippen LogP contribution is -2.29. The molecule has 1 aromatic heterocycles. The third-order valence-electron chi connectivity index (χ3n) is 3.78. The molecular weight excluding hydrogens is 310 g/mol. The van der Waals surface area contributed by atoms with E-state index in [1.54, 1.807) is 25.4 Å². The molecule has 0 amide bonds. The minimum absolute atomic E-state index is 0.315. The lowest BCUT2D eigenvalue weighted by molar-refractivity contribution is 0.471. The first-order valence-corrected chi connectivity index (χ1v) is 8.90. The summed E-state index contributed by atoms with van der Waals surface area (Å²) in [5.74, 6) is 0. The van der Waals surface area contributed by atoms with Crippen molar-refractivity contribution in [2.24, 2.45) is 0 Å². The second kappa shape index (κ2) is 7.10. The fourth-order valence-electron chi connectivity index (χ4n) is 2.35. The van der Waals surface area contributed by atoms with Crippen molar-refractivity contribution in [3.8, 4) is 0 Å². The molecule has 1 aromatic carbocycles. The van der Waals surface area contributed by atoms with E-state index < -0.39 is 10.0 Å². The molecule has 0 radical (unpaired) electrons. The second-order valence-electron chi connectivity index (χ2n) is 5.74. The van der Waals surface area contributed by atoms with Gasteiger partial charge in [0.1, 0.15) is 0 Å². The Hall–Kier alpha value is -1.92. The number of nitrogens with zero attached hydrogens (tertiary/aromatic N) is 3. The highest BCUT2D eigenvalue weighted by molar-refractivity contribution is 7.89. The van der Waals surface area contributed by atoms with Gasteiger partial charge in [0.15, 0.2) is 0 Å². The molecule has 6 heteroatoms. The fraction of sp³-hybridized carbons (Fsp3) is 0.353. The molecule has 0 N–H and O–H groups in total. The second-order valence-corrected chi connectivity index (χ2v) is 7.79. The van der Waals surface area contributed by atoms with Crippen LogP contribution in [0.1, 0.15) is 11.3 Å². The summed E-state index contributed by atoms with van der Waals surface area (Å²) in [6.07, 6.45) is 2.30. The number of aryl methyl sites for hydroxylation is 1. The summed E-state index contributed by atoms with van der Waals surface area (Å²) in [5, 5.41) is 0. The molecule has 0 fully saturated rings. The molecule has 2 aromatic rings. The van der Waals surface area contributed by atoms with Crippen LogP contribution in [-0.2, 0) is 16.4 Å². The van der Waals surface area contributed by atoms with E-state index in [0.29, 0.717) is 17.9 Å². The van der Waals surface area contributed by atoms with Gasteiger partial charge in [-0.1, -0.05) is 12.1 Å². The summed E-state index contributed by atoms with van der Waals surface area (Å²) < 4.78 is 26.8. The Morgan fingerprint density at radius 3 is 2.43 bits per heavy atom. The highest BCUT2D eigenvalue weighted by atomic mass is 32.2. The summed E-state index contributed by atoms with van der Waals surface area (Å²) in [7, 11) is 1.91. The summed E-state index contributed by atoms with van der Waals surface area (Å²) >= 11 is 0. The Bertz CT molecular complexity index is 759. The third-order valence-corrected chi connectivity index (χ3v) is 5.63. The normalized spacial score (nSPS) is 11.7. The first-order valence-electron chi connectivity index (χ1n) is 7.46. The van der Waals surface area contributed by atoms with E-state index in [1.165, 1.54) is 4.31 Å². The van der Waals surface area contributed by atoms with Crippen molar-refractivity contribution in [1.82, 2.24) is 9.29 Å². The van der Waals surface area contributed by atoms with Gasteiger partial charge in [-0.3, -0.25) is 4.98 Å². The maximum absolute atomic E-state index is 12.7. The molecule has 0 spiro atoms. The highest BCUT2D eigenvalue weighted by Gasteiger charge is 2.21. The van der Waals surface area contributed by atoms with Crippen molar-refractivity contribution in [3.63, 3.8) is 0 Å². The molecule has 23 heavy (non-hydrogen) atoms. The van der Waals surface area contributed by atoms with E-state index >= 15 is 0 Å². The van der Waals surface area contributed by atoms with E-state index in [4.69, 9.17) is 0 Å². The standard InChI is InChI=1S/C17H23N3O2S/c1-14-8-9-16(13-17(14)19(2)3)23(21,22)20(4)12-10-15-7-5-6-11-18-15/h5-9,11,13H,10,12H2,1-4H3. The maximum Gasteiger partial charge on any atom is 0.242 e. The van der Waals surface area contributed by atoms with Crippen molar-refractivity contribution in [2.75, 3.05) is 32.6 Å². The molecule has 0 saturated carbocycles. The molecule has 1 heterocycles. The molecule has 0 unspecified atom stereocenters. The van der Waals surface area contributed by atoms with Gasteiger partial charge < -0.3 is 4.90 Å². The number of anilines is 1. The Kier molecular flexibility index (Phi) is 5.38. The number of pyridine rings is 1. The van der Waals surface area contributed by atoms with Crippen LogP contribution in [0.25, 0.3) is 0 Å². The van der Waals surface area contributed by atoms with E-state index in [2.05, 4.69) is 4.98 Å². The number of sulfonamides is 1. The van der Waals surface area contributed by atoms with Crippen LogP contribution in [0.4, 0.5) is 5.69 Å². The first-order chi connectivity index (χ1) is 10.8. The molecule has 2 rings (SSSR count). The summed E-state index contributed by atoms with van der Waals surface area (Å²) in [6, 6.07) is 10.9. The summed E-state index contributed by atoms with van der Waals surface area (Å²) in [4.78, 5) is 6.46. The predicted molar refractivity (Wildman–Crippen MR) is 93.3 cm³/mol. The SMILES string of the molecule is Cc1ccc(S(=O)(=O)N(C)CCc2ccccn2)cc1N(C)C. The zero-order valence-electron chi connectivity index (χ0n) is 14.0. The van der Waals surface area contributed by atoms with Gasteiger partial charge in [-0.25, -0.2) is 12.7 Å². The zero-order chi connectivity index (χ0) is 17.0. The Morgan fingerprint density at radius 2 is 1.83 bits per heavy atom. The summed E-state index contributed by atoms with van der Waals surface area (Å²) in [6.45, 7) is 2.36. The van der Waals surface area contributed by atoms with Crippen LogP contribution in [0.5, 0.6) is 0 Å². The number of benzene rings is 1. The largest absolute Gasteiger partial charge is 0.377 e. The average Bonchev–Trinajstić information content (AvgIpc) is 2.53. The Morgan fingerprint density at radius 1 is 1.09 bits per heavy atom. The fourth-order valence-corrected chi connectivity index (χ4v) is 3.54. The molecule has 0 aliphatic carbocycles. The lowest BCUT2D eigenvalue weighted by atomic mass is 10.2. The molecule has 0 saturated heterocycles. The molecule has 0 atom stereocenters. The predicted octanol–water partition coefficient (Wildman–Crippen LogP) is 2.32. The van der Waals surface area contributed by atoms with Crippen LogP contribution in [0, 0.1) is 6.92 Å². The number of hydrogen-bond donors (Lipinski definition) is 0. The number of likely N-dealkylation sites (N-methyl/N-ethyl adjacent to an activating group) is 1. The van der Waals surface area contributed by atoms with Crippen LogP contribution in [0.2, 0.25) is 0 Å². The Labute approximate surface area is 138 Å². The van der Waals surface area contributed by atoms with E-state index in [0.717, 1.165) is 16.9 Å². The maximum atomic E-state index is 12.7. The van der Waals surface area contributed by atoms with Gasteiger partial charge in [-0.15, -0.1) is 0 Å². The van der Waals surface area contributed by atoms with Crippen molar-refractivity contribution < 1.29 is 8.42 Å². The number of hydrogen-bond acceptors (Lipinski definition) is 4. The quantitative estimate of drug-likeness (QED) is 0.814. The van der Waals surface area contributed by atoms with Crippen molar-refractivity contribution in [3.05, 3.63) is 53.9 Å². The molecule has 5 nitrogen and oxygen atoms in total. The van der Waals surface area contributed by atoms with Gasteiger partial charge in [-0.05, 0) is 36.8 Å². The smallest absolute Gasteiger partial charge is 0.242 e. The van der Waals surface area contributed by atoms with E-state index in [-0.39, 0.29) is 0 Å². The first kappa shape index (κ1) is 17.4. The molecule has 0 bridgehead atoms. The number of aromatic nitrogens is 1. The van der Waals surface area contributed by atoms with Crippen LogP contribution in [-0.4, -0.2) is 45.4 Å². The summed E-state index contributed by atoms with van der Waals surface area (Å²) in [5.41, 5.74) is 2.83. The van der Waals surface area contributed by atoms with Gasteiger partial charge in [-0.2, -0.15) is 0 Å². The van der Waals surface area contributed by atoms with Gasteiger partial charge in [0, 0.05) is 51.7 Å². The number of rotatable bonds is 6. The van der Waals surface area contributed by atoms with Crippen molar-refractivity contribution in [1.29, 1.82) is 0 Å². The van der Waals surface area contributed by atoms with E-state index in [9.17, 15) is 8.42 Å². The molecule has 124 valence electrons. The van der Waals surface area contributed by atoms with Crippen LogP contribution in [0.15, 0.2) is 47.5 Å². The minimum atomic E-state index is -3.50. The van der Waals surface area contributed by atoms with Crippen LogP contribution >= 0.6 is 0 Å². The average molecular weight is 333 g/mol. The van der Waals surface area contributed by atoms with Gasteiger partial charge in [0.25, 0.3) is 0 Å². The zero-order valence-corrected chi connectivity index (χ0v) is 14.8. The van der Waals surface area contributed by atoms with Crippen LogP contribution < -0.4 is 4.90 Å². The van der Waals surface area contributed by atoms with Gasteiger partial charge in [0.2, 0.25) is 10.0 Å². The highest BCUT2D eigenvalue weighted by Crippen LogP contribution is 2.24. The monoisotopic (exact) mass is 333 g/mol. The van der Waals surface area contributed by atoms with Gasteiger partial charge in [0.05, 0.1) is 4.90 Å². The van der Waals surface area contributed by atoms with E-state index in [1.807, 2.05) is 50.2 Å². The molecule has 0 aliphatic heterocycles. The third kappa shape index (κ3) is 4.09. The van der Waals surface area contributed by atoms with Crippen molar-refractivity contribution in [2.45, 2.75) is 18.2 Å². The molecule has 0 aliphatic rings. The topological polar surface area (TPSA) is 53.5 Å². The van der Waals surface area contributed by atoms with Crippen molar-refractivity contribution >= 4 is 15.7 Å².